The number of sulfonamides is 1. The number of nitrogens with zero attached hydrogens (tertiary/aromatic N) is 4. The van der Waals surface area contributed by atoms with Crippen LogP contribution < -0.4 is 0 Å². The highest BCUT2D eigenvalue weighted by atomic mass is 32.2. The van der Waals surface area contributed by atoms with E-state index in [2.05, 4.69) is 9.97 Å². The third-order valence-electron chi connectivity index (χ3n) is 3.83. The molecule has 3 rings (SSSR count). The summed E-state index contributed by atoms with van der Waals surface area (Å²) in [6.45, 7) is 0.931. The number of hydrogen-bond acceptors (Lipinski definition) is 4. The molecular formula is C16H18N4O2S. The predicted octanol–water partition coefficient (Wildman–Crippen LogP) is 1.99. The number of imidazole rings is 1. The van der Waals surface area contributed by atoms with Crippen LogP contribution in [-0.4, -0.2) is 47.1 Å². The summed E-state index contributed by atoms with van der Waals surface area (Å²) in [6, 6.07) is 9.83. The minimum Gasteiger partial charge on any atom is -0.330 e. The van der Waals surface area contributed by atoms with Crippen molar-refractivity contribution in [1.29, 1.82) is 0 Å². The van der Waals surface area contributed by atoms with E-state index in [0.717, 1.165) is 22.3 Å². The number of rotatable bonds is 5. The van der Waals surface area contributed by atoms with Gasteiger partial charge >= 0.3 is 0 Å². The molecule has 0 atom stereocenters. The van der Waals surface area contributed by atoms with E-state index in [9.17, 15) is 8.42 Å². The number of pyridine rings is 1. The first-order chi connectivity index (χ1) is 11.0. The third kappa shape index (κ3) is 3.25. The van der Waals surface area contributed by atoms with E-state index in [1.165, 1.54) is 10.6 Å². The molecule has 0 fully saturated rings. The fraction of sp³-hybridized carbons (Fsp3) is 0.250. The fourth-order valence-corrected chi connectivity index (χ4v) is 2.85. The van der Waals surface area contributed by atoms with E-state index in [1.54, 1.807) is 19.4 Å². The van der Waals surface area contributed by atoms with E-state index in [4.69, 9.17) is 0 Å². The first-order valence-electron chi connectivity index (χ1n) is 7.23. The third-order valence-corrected chi connectivity index (χ3v) is 5.14. The quantitative estimate of drug-likeness (QED) is 0.717. The zero-order valence-electron chi connectivity index (χ0n) is 13.0. The summed E-state index contributed by atoms with van der Waals surface area (Å²) in [4.78, 5) is 8.81. The van der Waals surface area contributed by atoms with Gasteiger partial charge in [-0.1, -0.05) is 18.2 Å². The standard InChI is InChI=1S/C16H18N4O2S/c1-19(23(2,21)22)11-12-20-10-9-18-16(20)14-7-8-17-15-6-4-3-5-13(14)15/h3-10H,11-12H2,1-2H3. The SMILES string of the molecule is CN(CCn1ccnc1-c1ccnc2ccccc12)S(C)(=O)=O. The Morgan fingerprint density at radius 2 is 1.91 bits per heavy atom. The molecule has 0 aliphatic carbocycles. The Bertz CT molecular complexity index is 929. The molecule has 0 saturated carbocycles. The van der Waals surface area contributed by atoms with Crippen molar-refractivity contribution in [3.8, 4) is 11.4 Å². The molecule has 23 heavy (non-hydrogen) atoms. The van der Waals surface area contributed by atoms with Gasteiger partial charge in [0, 0.05) is 49.7 Å². The van der Waals surface area contributed by atoms with Crippen molar-refractivity contribution in [2.75, 3.05) is 19.8 Å². The molecule has 0 saturated heterocycles. The molecule has 2 heterocycles. The molecule has 0 spiro atoms. The second kappa shape index (κ2) is 6.10. The van der Waals surface area contributed by atoms with Crippen LogP contribution in [-0.2, 0) is 16.6 Å². The number of fused-ring (bicyclic) bond motifs is 1. The molecule has 1 aromatic carbocycles. The Hall–Kier alpha value is -2.25. The van der Waals surface area contributed by atoms with Gasteiger partial charge in [0.1, 0.15) is 5.82 Å². The number of benzene rings is 1. The number of likely N-dealkylation sites (N-methyl/N-ethyl adjacent to an activating group) is 1. The summed E-state index contributed by atoms with van der Waals surface area (Å²) in [5.41, 5.74) is 1.90. The van der Waals surface area contributed by atoms with E-state index in [0.29, 0.717) is 13.1 Å². The lowest BCUT2D eigenvalue weighted by molar-refractivity contribution is 0.451. The van der Waals surface area contributed by atoms with Crippen molar-refractivity contribution in [3.63, 3.8) is 0 Å². The minimum atomic E-state index is -3.18. The molecule has 0 N–H and O–H groups in total. The molecule has 0 aliphatic heterocycles. The van der Waals surface area contributed by atoms with Crippen LogP contribution in [0.1, 0.15) is 0 Å². The topological polar surface area (TPSA) is 68.1 Å². The lowest BCUT2D eigenvalue weighted by Crippen LogP contribution is -2.29. The highest BCUT2D eigenvalue weighted by Crippen LogP contribution is 2.25. The lowest BCUT2D eigenvalue weighted by atomic mass is 10.1. The zero-order chi connectivity index (χ0) is 16.4. The van der Waals surface area contributed by atoms with Crippen molar-refractivity contribution in [2.45, 2.75) is 6.54 Å². The van der Waals surface area contributed by atoms with Crippen LogP contribution in [0.4, 0.5) is 0 Å². The lowest BCUT2D eigenvalue weighted by Gasteiger charge is -2.15. The van der Waals surface area contributed by atoms with Crippen LogP contribution in [0.3, 0.4) is 0 Å². The van der Waals surface area contributed by atoms with Crippen molar-refractivity contribution in [3.05, 3.63) is 48.9 Å². The highest BCUT2D eigenvalue weighted by Gasteiger charge is 2.13. The molecule has 120 valence electrons. The maximum Gasteiger partial charge on any atom is 0.211 e. The van der Waals surface area contributed by atoms with Crippen LogP contribution in [0.2, 0.25) is 0 Å². The minimum absolute atomic E-state index is 0.394. The molecule has 2 aromatic heterocycles. The molecule has 6 nitrogen and oxygen atoms in total. The largest absolute Gasteiger partial charge is 0.330 e. The summed E-state index contributed by atoms with van der Waals surface area (Å²) in [7, 11) is -1.60. The average Bonchev–Trinajstić information content (AvgIpc) is 2.99. The van der Waals surface area contributed by atoms with E-state index in [-0.39, 0.29) is 0 Å². The van der Waals surface area contributed by atoms with E-state index < -0.39 is 10.0 Å². The Labute approximate surface area is 135 Å². The number of aromatic nitrogens is 3. The van der Waals surface area contributed by atoms with E-state index >= 15 is 0 Å². The van der Waals surface area contributed by atoms with Gasteiger partial charge in [-0.2, -0.15) is 0 Å². The Kier molecular flexibility index (Phi) is 4.14. The van der Waals surface area contributed by atoms with Gasteiger partial charge in [-0.05, 0) is 12.1 Å². The van der Waals surface area contributed by atoms with Crippen LogP contribution >= 0.6 is 0 Å². The molecule has 0 unspecified atom stereocenters. The van der Waals surface area contributed by atoms with Gasteiger partial charge in [-0.3, -0.25) is 4.98 Å². The first kappa shape index (κ1) is 15.6. The van der Waals surface area contributed by atoms with Gasteiger partial charge in [0.25, 0.3) is 0 Å². The summed E-state index contributed by atoms with van der Waals surface area (Å²) >= 11 is 0. The van der Waals surface area contributed by atoms with Gasteiger partial charge in [-0.15, -0.1) is 0 Å². The summed E-state index contributed by atoms with van der Waals surface area (Å²) < 4.78 is 26.3. The van der Waals surface area contributed by atoms with Crippen molar-refractivity contribution in [1.82, 2.24) is 18.8 Å². The number of para-hydroxylation sites is 1. The maximum atomic E-state index is 11.5. The Balaban J connectivity index is 1.94. The van der Waals surface area contributed by atoms with Gasteiger partial charge in [0.15, 0.2) is 0 Å². The zero-order valence-corrected chi connectivity index (χ0v) is 13.9. The molecular weight excluding hydrogens is 312 g/mol. The molecule has 0 radical (unpaired) electrons. The van der Waals surface area contributed by atoms with Crippen LogP contribution in [0.5, 0.6) is 0 Å². The average molecular weight is 330 g/mol. The monoisotopic (exact) mass is 330 g/mol. The van der Waals surface area contributed by atoms with Crippen LogP contribution in [0.25, 0.3) is 22.3 Å². The first-order valence-corrected chi connectivity index (χ1v) is 9.08. The summed E-state index contributed by atoms with van der Waals surface area (Å²) in [6.07, 6.45) is 6.56. The molecule has 0 amide bonds. The smallest absolute Gasteiger partial charge is 0.211 e. The predicted molar refractivity (Wildman–Crippen MR) is 90.4 cm³/mol. The highest BCUT2D eigenvalue weighted by molar-refractivity contribution is 7.88. The second-order valence-corrected chi connectivity index (χ2v) is 7.49. The van der Waals surface area contributed by atoms with Gasteiger partial charge in [0.05, 0.1) is 11.8 Å². The summed E-state index contributed by atoms with van der Waals surface area (Å²) in [5, 5.41) is 1.03. The molecule has 0 bridgehead atoms. The van der Waals surface area contributed by atoms with Crippen LogP contribution in [0, 0.1) is 0 Å². The maximum absolute atomic E-state index is 11.5. The van der Waals surface area contributed by atoms with Gasteiger partial charge in [0.2, 0.25) is 10.0 Å². The molecule has 0 aliphatic rings. The fourth-order valence-electron chi connectivity index (χ4n) is 2.44. The Morgan fingerprint density at radius 1 is 1.13 bits per heavy atom. The summed E-state index contributed by atoms with van der Waals surface area (Å²) in [5.74, 6) is 0.811. The second-order valence-electron chi connectivity index (χ2n) is 5.40. The molecule has 3 aromatic rings. The Morgan fingerprint density at radius 3 is 2.70 bits per heavy atom. The van der Waals surface area contributed by atoms with E-state index in [1.807, 2.05) is 41.1 Å². The van der Waals surface area contributed by atoms with Crippen molar-refractivity contribution >= 4 is 20.9 Å². The van der Waals surface area contributed by atoms with Gasteiger partial charge in [-0.25, -0.2) is 17.7 Å². The van der Waals surface area contributed by atoms with Crippen LogP contribution in [0.15, 0.2) is 48.9 Å². The van der Waals surface area contributed by atoms with Crippen molar-refractivity contribution in [2.24, 2.45) is 0 Å². The molecule has 7 heteroatoms. The normalized spacial score (nSPS) is 12.1. The number of hydrogen-bond donors (Lipinski definition) is 0. The van der Waals surface area contributed by atoms with Crippen molar-refractivity contribution < 1.29 is 8.42 Å². The van der Waals surface area contributed by atoms with Gasteiger partial charge < -0.3 is 4.57 Å².